The van der Waals surface area contributed by atoms with Crippen LogP contribution in [-0.4, -0.2) is 24.7 Å². The molecular formula is C18H22Br2N2O4. The van der Waals surface area contributed by atoms with Crippen LogP contribution in [-0.2, 0) is 9.53 Å². The molecule has 2 N–H and O–H groups in total. The molecule has 0 aromatic heterocycles. The summed E-state index contributed by atoms with van der Waals surface area (Å²) >= 11 is 7.01. The lowest BCUT2D eigenvalue weighted by molar-refractivity contribution is -0.139. The van der Waals surface area contributed by atoms with E-state index in [1.165, 1.54) is 0 Å². The van der Waals surface area contributed by atoms with Gasteiger partial charge in [0.15, 0.2) is 0 Å². The van der Waals surface area contributed by atoms with Gasteiger partial charge in [-0.15, -0.1) is 0 Å². The summed E-state index contributed by atoms with van der Waals surface area (Å²) in [4.78, 5) is 24.5. The zero-order chi connectivity index (χ0) is 19.4. The first-order chi connectivity index (χ1) is 12.2. The minimum Gasteiger partial charge on any atom is -0.489 e. The average molecular weight is 490 g/mol. The van der Waals surface area contributed by atoms with Crippen LogP contribution in [0.4, 0.5) is 4.79 Å². The third-order valence-electron chi connectivity index (χ3n) is 3.63. The van der Waals surface area contributed by atoms with Gasteiger partial charge in [-0.3, -0.25) is 0 Å². The molecule has 1 aromatic carbocycles. The van der Waals surface area contributed by atoms with Crippen LogP contribution >= 0.6 is 31.9 Å². The Balaban J connectivity index is 2.45. The largest absolute Gasteiger partial charge is 0.489 e. The van der Waals surface area contributed by atoms with Crippen molar-refractivity contribution in [1.82, 2.24) is 10.6 Å². The summed E-state index contributed by atoms with van der Waals surface area (Å²) in [6.45, 7) is 7.82. The zero-order valence-electron chi connectivity index (χ0n) is 15.1. The molecule has 0 saturated heterocycles. The van der Waals surface area contributed by atoms with E-state index >= 15 is 0 Å². The molecule has 0 bridgehead atoms. The lowest BCUT2D eigenvalue weighted by atomic mass is 9.95. The van der Waals surface area contributed by atoms with Crippen molar-refractivity contribution in [2.45, 2.75) is 46.3 Å². The summed E-state index contributed by atoms with van der Waals surface area (Å²) in [7, 11) is 0. The Labute approximate surface area is 170 Å². The Morgan fingerprint density at radius 3 is 2.42 bits per heavy atom. The highest BCUT2D eigenvalue weighted by molar-refractivity contribution is 9.11. The number of hydrogen-bond acceptors (Lipinski definition) is 4. The van der Waals surface area contributed by atoms with Crippen molar-refractivity contribution in [3.63, 3.8) is 0 Å². The normalized spacial score (nSPS) is 17.0. The minimum atomic E-state index is -0.617. The van der Waals surface area contributed by atoms with Crippen molar-refractivity contribution in [3.05, 3.63) is 37.9 Å². The molecule has 0 saturated carbocycles. The SMILES string of the molecule is CCCOC(=O)C1=C(C)NC(=O)NC1c1cc(Br)c(OC(C)C)c(Br)c1. The van der Waals surface area contributed by atoms with Crippen LogP contribution in [0.25, 0.3) is 0 Å². The van der Waals surface area contributed by atoms with E-state index in [1.807, 2.05) is 32.9 Å². The number of esters is 1. The van der Waals surface area contributed by atoms with E-state index in [0.717, 1.165) is 20.9 Å². The molecule has 1 aliphatic rings. The van der Waals surface area contributed by atoms with Gasteiger partial charge in [-0.25, -0.2) is 9.59 Å². The van der Waals surface area contributed by atoms with Crippen LogP contribution in [0.3, 0.4) is 0 Å². The fourth-order valence-corrected chi connectivity index (χ4v) is 3.99. The maximum absolute atomic E-state index is 12.5. The second kappa shape index (κ2) is 8.90. The van der Waals surface area contributed by atoms with E-state index in [-0.39, 0.29) is 12.1 Å². The summed E-state index contributed by atoms with van der Waals surface area (Å²) in [6, 6.07) is 2.68. The van der Waals surface area contributed by atoms with Gasteiger partial charge in [0.25, 0.3) is 0 Å². The van der Waals surface area contributed by atoms with E-state index in [0.29, 0.717) is 23.6 Å². The quantitative estimate of drug-likeness (QED) is 0.573. The molecule has 1 aromatic rings. The fraction of sp³-hybridized carbons (Fsp3) is 0.444. The number of amides is 2. The van der Waals surface area contributed by atoms with E-state index in [1.54, 1.807) is 6.92 Å². The molecule has 26 heavy (non-hydrogen) atoms. The Morgan fingerprint density at radius 1 is 1.27 bits per heavy atom. The van der Waals surface area contributed by atoms with Crippen LogP contribution in [0.2, 0.25) is 0 Å². The number of urea groups is 1. The zero-order valence-corrected chi connectivity index (χ0v) is 18.3. The molecule has 0 aliphatic carbocycles. The van der Waals surface area contributed by atoms with Crippen molar-refractivity contribution < 1.29 is 19.1 Å². The maximum atomic E-state index is 12.5. The summed E-state index contributed by atoms with van der Waals surface area (Å²) in [5.41, 5.74) is 1.60. The van der Waals surface area contributed by atoms with Crippen LogP contribution in [0.5, 0.6) is 5.75 Å². The molecule has 2 amide bonds. The molecule has 8 heteroatoms. The number of ether oxygens (including phenoxy) is 2. The number of allylic oxidation sites excluding steroid dienone is 1. The van der Waals surface area contributed by atoms with Gasteiger partial charge in [-0.05, 0) is 76.7 Å². The number of rotatable bonds is 6. The van der Waals surface area contributed by atoms with Crippen LogP contribution in [0, 0.1) is 0 Å². The third kappa shape index (κ3) is 4.79. The highest BCUT2D eigenvalue weighted by Gasteiger charge is 2.33. The number of halogens is 2. The van der Waals surface area contributed by atoms with Gasteiger partial charge in [0.05, 0.1) is 33.3 Å². The summed E-state index contributed by atoms with van der Waals surface area (Å²) in [5.74, 6) is 0.219. The third-order valence-corrected chi connectivity index (χ3v) is 4.81. The number of benzene rings is 1. The van der Waals surface area contributed by atoms with Crippen molar-refractivity contribution in [3.8, 4) is 5.75 Å². The van der Waals surface area contributed by atoms with E-state index in [9.17, 15) is 9.59 Å². The lowest BCUT2D eigenvalue weighted by Crippen LogP contribution is -2.45. The van der Waals surface area contributed by atoms with Gasteiger partial charge < -0.3 is 20.1 Å². The van der Waals surface area contributed by atoms with Gasteiger partial charge in [0.1, 0.15) is 5.75 Å². The first kappa shape index (κ1) is 20.8. The van der Waals surface area contributed by atoms with Gasteiger partial charge >= 0.3 is 12.0 Å². The molecule has 2 rings (SSSR count). The van der Waals surface area contributed by atoms with E-state index in [4.69, 9.17) is 9.47 Å². The fourth-order valence-electron chi connectivity index (χ4n) is 2.58. The molecular weight excluding hydrogens is 468 g/mol. The summed E-state index contributed by atoms with van der Waals surface area (Å²) in [5, 5.41) is 5.43. The van der Waals surface area contributed by atoms with Crippen LogP contribution in [0.15, 0.2) is 32.3 Å². The molecule has 0 radical (unpaired) electrons. The molecule has 1 aliphatic heterocycles. The maximum Gasteiger partial charge on any atom is 0.338 e. The van der Waals surface area contributed by atoms with E-state index < -0.39 is 12.0 Å². The highest BCUT2D eigenvalue weighted by Crippen LogP contribution is 2.39. The van der Waals surface area contributed by atoms with E-state index in [2.05, 4.69) is 42.5 Å². The predicted octanol–water partition coefficient (Wildman–Crippen LogP) is 4.58. The Bertz CT molecular complexity index is 724. The van der Waals surface area contributed by atoms with Crippen molar-refractivity contribution in [2.24, 2.45) is 0 Å². The smallest absolute Gasteiger partial charge is 0.338 e. The summed E-state index contributed by atoms with van der Waals surface area (Å²) < 4.78 is 12.5. The molecule has 142 valence electrons. The van der Waals surface area contributed by atoms with Crippen LogP contribution in [0.1, 0.15) is 45.7 Å². The molecule has 0 spiro atoms. The Kier molecular flexibility index (Phi) is 7.11. The lowest BCUT2D eigenvalue weighted by Gasteiger charge is -2.28. The van der Waals surface area contributed by atoms with Crippen molar-refractivity contribution in [1.29, 1.82) is 0 Å². The topological polar surface area (TPSA) is 76.7 Å². The standard InChI is InChI=1S/C18H22Br2N2O4/c1-5-6-25-17(23)14-10(4)21-18(24)22-15(14)11-7-12(19)16(13(20)8-11)26-9(2)3/h7-9,15H,5-6H2,1-4H3,(H2,21,22,24). The number of carbonyl (C=O) groups excluding carboxylic acids is 2. The highest BCUT2D eigenvalue weighted by atomic mass is 79.9. The van der Waals surface area contributed by atoms with Crippen molar-refractivity contribution in [2.75, 3.05) is 6.61 Å². The monoisotopic (exact) mass is 488 g/mol. The molecule has 1 unspecified atom stereocenters. The first-order valence-corrected chi connectivity index (χ1v) is 9.94. The first-order valence-electron chi connectivity index (χ1n) is 8.35. The second-order valence-corrected chi connectivity index (χ2v) is 7.90. The van der Waals surface area contributed by atoms with Crippen LogP contribution < -0.4 is 15.4 Å². The molecule has 6 nitrogen and oxygen atoms in total. The number of carbonyl (C=O) groups is 2. The molecule has 1 atom stereocenters. The van der Waals surface area contributed by atoms with Gasteiger partial charge in [0, 0.05) is 5.70 Å². The number of hydrogen-bond donors (Lipinski definition) is 2. The minimum absolute atomic E-state index is 0.00811. The summed E-state index contributed by atoms with van der Waals surface area (Å²) in [6.07, 6.45) is 0.731. The second-order valence-electron chi connectivity index (χ2n) is 6.19. The average Bonchev–Trinajstić information content (AvgIpc) is 2.54. The van der Waals surface area contributed by atoms with Crippen molar-refractivity contribution >= 4 is 43.9 Å². The Hall–Kier alpha value is -1.54. The molecule has 1 heterocycles. The van der Waals surface area contributed by atoms with Gasteiger partial charge in [-0.1, -0.05) is 6.92 Å². The van der Waals surface area contributed by atoms with Gasteiger partial charge in [0.2, 0.25) is 0 Å². The number of nitrogens with one attached hydrogen (secondary N) is 2. The Morgan fingerprint density at radius 2 is 1.88 bits per heavy atom. The molecule has 0 fully saturated rings. The predicted molar refractivity (Wildman–Crippen MR) is 106 cm³/mol. The van der Waals surface area contributed by atoms with Gasteiger partial charge in [-0.2, -0.15) is 0 Å².